The molecule has 0 aliphatic carbocycles. The lowest BCUT2D eigenvalue weighted by atomic mass is 10.1. The van der Waals surface area contributed by atoms with Crippen molar-refractivity contribution in [3.05, 3.63) is 65.2 Å². The van der Waals surface area contributed by atoms with E-state index >= 15 is 0 Å². The average Bonchev–Trinajstić information content (AvgIpc) is 2.45. The van der Waals surface area contributed by atoms with Crippen molar-refractivity contribution in [2.24, 2.45) is 11.5 Å². The molecule has 0 spiro atoms. The van der Waals surface area contributed by atoms with Crippen molar-refractivity contribution in [3.63, 3.8) is 0 Å². The largest absolute Gasteiger partial charge is 0.489 e. The van der Waals surface area contributed by atoms with Crippen LogP contribution in [-0.4, -0.2) is 10.9 Å². The summed E-state index contributed by atoms with van der Waals surface area (Å²) in [6.45, 7) is 0.351. The van der Waals surface area contributed by atoms with Gasteiger partial charge in [-0.15, -0.1) is 0 Å². The summed E-state index contributed by atoms with van der Waals surface area (Å²) in [6, 6.07) is 14.2. The number of hydrogen-bond donors (Lipinski definition) is 2. The smallest absolute Gasteiger partial charge is 0.248 e. The molecule has 0 saturated heterocycles. The van der Waals surface area contributed by atoms with Crippen molar-refractivity contribution in [2.45, 2.75) is 6.61 Å². The van der Waals surface area contributed by atoms with Gasteiger partial charge in [-0.2, -0.15) is 0 Å². The van der Waals surface area contributed by atoms with E-state index in [9.17, 15) is 4.79 Å². The Morgan fingerprint density at radius 2 is 1.70 bits per heavy atom. The van der Waals surface area contributed by atoms with Crippen molar-refractivity contribution >= 4 is 23.1 Å². The summed E-state index contributed by atoms with van der Waals surface area (Å²) in [6.07, 6.45) is 0. The van der Waals surface area contributed by atoms with Gasteiger partial charge in [0.2, 0.25) is 5.91 Å². The summed E-state index contributed by atoms with van der Waals surface area (Å²) >= 11 is 5.00. The number of amides is 1. The van der Waals surface area contributed by atoms with Crippen LogP contribution >= 0.6 is 12.2 Å². The van der Waals surface area contributed by atoms with Crippen molar-refractivity contribution in [1.29, 1.82) is 0 Å². The molecule has 4 N–H and O–H groups in total. The lowest BCUT2D eigenvalue weighted by Gasteiger charge is -2.10. The molecule has 2 rings (SSSR count). The SMILES string of the molecule is NC(=O)c1ccc(OCc2ccccc2C(N)=S)cc1. The Bertz CT molecular complexity index is 639. The Kier molecular flexibility index (Phi) is 4.32. The van der Waals surface area contributed by atoms with Gasteiger partial charge in [0.25, 0.3) is 0 Å². The molecule has 0 saturated carbocycles. The third kappa shape index (κ3) is 3.33. The van der Waals surface area contributed by atoms with E-state index in [1.54, 1.807) is 24.3 Å². The molecule has 20 heavy (non-hydrogen) atoms. The van der Waals surface area contributed by atoms with Crippen LogP contribution in [0.15, 0.2) is 48.5 Å². The zero-order valence-electron chi connectivity index (χ0n) is 10.7. The zero-order valence-corrected chi connectivity index (χ0v) is 11.5. The molecule has 1 amide bonds. The summed E-state index contributed by atoms with van der Waals surface area (Å²) in [5.41, 5.74) is 13.0. The Labute approximate surface area is 122 Å². The molecule has 0 heterocycles. The van der Waals surface area contributed by atoms with Gasteiger partial charge in [0.1, 0.15) is 17.3 Å². The number of carbonyl (C=O) groups is 1. The number of ether oxygens (including phenoxy) is 1. The molecule has 0 aromatic heterocycles. The molecule has 0 unspecified atom stereocenters. The van der Waals surface area contributed by atoms with Crippen LogP contribution in [-0.2, 0) is 6.61 Å². The van der Waals surface area contributed by atoms with Crippen LogP contribution in [0, 0.1) is 0 Å². The first-order chi connectivity index (χ1) is 9.58. The third-order valence-electron chi connectivity index (χ3n) is 2.82. The van der Waals surface area contributed by atoms with E-state index in [-0.39, 0.29) is 0 Å². The Balaban J connectivity index is 2.09. The predicted octanol–water partition coefficient (Wildman–Crippen LogP) is 2.00. The molecular formula is C15H14N2O2S. The number of carbonyl (C=O) groups excluding carboxylic acids is 1. The van der Waals surface area contributed by atoms with Gasteiger partial charge >= 0.3 is 0 Å². The fourth-order valence-corrected chi connectivity index (χ4v) is 1.96. The Morgan fingerprint density at radius 1 is 1.05 bits per heavy atom. The summed E-state index contributed by atoms with van der Waals surface area (Å²) in [7, 11) is 0. The van der Waals surface area contributed by atoms with Crippen molar-refractivity contribution in [3.8, 4) is 5.75 Å². The van der Waals surface area contributed by atoms with Crippen molar-refractivity contribution in [2.75, 3.05) is 0 Å². The summed E-state index contributed by atoms with van der Waals surface area (Å²) < 4.78 is 5.65. The molecule has 0 aliphatic heterocycles. The van der Waals surface area contributed by atoms with E-state index in [0.717, 1.165) is 11.1 Å². The van der Waals surface area contributed by atoms with Crippen LogP contribution in [0.5, 0.6) is 5.75 Å². The van der Waals surface area contributed by atoms with E-state index in [1.807, 2.05) is 24.3 Å². The maximum absolute atomic E-state index is 11.0. The fraction of sp³-hybridized carbons (Fsp3) is 0.0667. The molecular weight excluding hydrogens is 272 g/mol. The van der Waals surface area contributed by atoms with Crippen molar-refractivity contribution < 1.29 is 9.53 Å². The highest BCUT2D eigenvalue weighted by molar-refractivity contribution is 7.80. The maximum Gasteiger partial charge on any atom is 0.248 e. The zero-order chi connectivity index (χ0) is 14.5. The van der Waals surface area contributed by atoms with E-state index in [1.165, 1.54) is 0 Å². The van der Waals surface area contributed by atoms with Gasteiger partial charge in [-0.3, -0.25) is 4.79 Å². The van der Waals surface area contributed by atoms with Crippen LogP contribution < -0.4 is 16.2 Å². The van der Waals surface area contributed by atoms with Gasteiger partial charge in [0.15, 0.2) is 0 Å². The minimum absolute atomic E-state index is 0.341. The summed E-state index contributed by atoms with van der Waals surface area (Å²) in [5, 5.41) is 0. The first-order valence-corrected chi connectivity index (χ1v) is 6.39. The molecule has 0 bridgehead atoms. The molecule has 0 fully saturated rings. The normalized spacial score (nSPS) is 10.0. The highest BCUT2D eigenvalue weighted by Crippen LogP contribution is 2.16. The highest BCUT2D eigenvalue weighted by atomic mass is 32.1. The molecule has 2 aromatic rings. The molecule has 5 heteroatoms. The number of rotatable bonds is 5. The molecule has 0 radical (unpaired) electrons. The van der Waals surface area contributed by atoms with Crippen LogP contribution in [0.3, 0.4) is 0 Å². The van der Waals surface area contributed by atoms with Crippen LogP contribution in [0.4, 0.5) is 0 Å². The lowest BCUT2D eigenvalue weighted by Crippen LogP contribution is -2.13. The number of thiocarbonyl (C=S) groups is 1. The molecule has 4 nitrogen and oxygen atoms in total. The first kappa shape index (κ1) is 14.0. The number of hydrogen-bond acceptors (Lipinski definition) is 3. The van der Waals surface area contributed by atoms with Gasteiger partial charge in [0, 0.05) is 11.1 Å². The van der Waals surface area contributed by atoms with E-state index < -0.39 is 5.91 Å². The standard InChI is InChI=1S/C15H14N2O2S/c16-14(18)10-5-7-12(8-6-10)19-9-11-3-1-2-4-13(11)15(17)20/h1-8H,9H2,(H2,16,18)(H2,17,20). The van der Waals surface area contributed by atoms with Gasteiger partial charge in [0.05, 0.1) is 0 Å². The number of nitrogens with two attached hydrogens (primary N) is 2. The highest BCUT2D eigenvalue weighted by Gasteiger charge is 2.05. The maximum atomic E-state index is 11.0. The molecule has 0 atom stereocenters. The second-order valence-corrected chi connectivity index (χ2v) is 4.64. The fourth-order valence-electron chi connectivity index (χ4n) is 1.76. The van der Waals surface area contributed by atoms with E-state index in [2.05, 4.69) is 0 Å². The molecule has 2 aromatic carbocycles. The minimum Gasteiger partial charge on any atom is -0.489 e. The second kappa shape index (κ2) is 6.16. The topological polar surface area (TPSA) is 78.3 Å². The molecule has 0 aliphatic rings. The van der Waals surface area contributed by atoms with Crippen LogP contribution in [0.2, 0.25) is 0 Å². The van der Waals surface area contributed by atoms with E-state index in [0.29, 0.717) is 22.9 Å². The lowest BCUT2D eigenvalue weighted by molar-refractivity contribution is 0.100. The minimum atomic E-state index is -0.463. The van der Waals surface area contributed by atoms with Crippen molar-refractivity contribution in [1.82, 2.24) is 0 Å². The summed E-state index contributed by atoms with van der Waals surface area (Å²) in [4.78, 5) is 11.3. The van der Waals surface area contributed by atoms with E-state index in [4.69, 9.17) is 28.4 Å². The third-order valence-corrected chi connectivity index (χ3v) is 3.04. The number of primary amides is 1. The van der Waals surface area contributed by atoms with Crippen LogP contribution in [0.25, 0.3) is 0 Å². The Hall–Kier alpha value is -2.40. The Morgan fingerprint density at radius 3 is 2.30 bits per heavy atom. The monoisotopic (exact) mass is 286 g/mol. The molecule has 102 valence electrons. The first-order valence-electron chi connectivity index (χ1n) is 5.98. The summed E-state index contributed by atoms with van der Waals surface area (Å²) in [5.74, 6) is 0.183. The predicted molar refractivity (Wildman–Crippen MR) is 81.6 cm³/mol. The van der Waals surface area contributed by atoms with Gasteiger partial charge in [-0.05, 0) is 29.8 Å². The second-order valence-electron chi connectivity index (χ2n) is 4.20. The van der Waals surface area contributed by atoms with Gasteiger partial charge < -0.3 is 16.2 Å². The quantitative estimate of drug-likeness (QED) is 0.824. The average molecular weight is 286 g/mol. The van der Waals surface area contributed by atoms with Gasteiger partial charge in [-0.25, -0.2) is 0 Å². The van der Waals surface area contributed by atoms with Gasteiger partial charge in [-0.1, -0.05) is 36.5 Å². The number of benzene rings is 2. The van der Waals surface area contributed by atoms with Crippen LogP contribution in [0.1, 0.15) is 21.5 Å².